The number of halogens is 2. The summed E-state index contributed by atoms with van der Waals surface area (Å²) in [4.78, 5) is 11.9. The number of hydrogen-bond donors (Lipinski definition) is 1. The predicted molar refractivity (Wildman–Crippen MR) is 75.2 cm³/mol. The Hall–Kier alpha value is -1.26. The van der Waals surface area contributed by atoms with E-state index in [0.717, 1.165) is 16.7 Å². The van der Waals surface area contributed by atoms with E-state index in [0.29, 0.717) is 16.5 Å². The van der Waals surface area contributed by atoms with Crippen LogP contribution in [0.2, 0.25) is 5.02 Å². The lowest BCUT2D eigenvalue weighted by atomic mass is 10.3. The van der Waals surface area contributed by atoms with Gasteiger partial charge in [-0.05, 0) is 46.3 Å². The minimum Gasteiger partial charge on any atom is -0.456 e. The van der Waals surface area contributed by atoms with Crippen LogP contribution in [0.5, 0.6) is 0 Å². The Morgan fingerprint density at radius 2 is 2.17 bits per heavy atom. The van der Waals surface area contributed by atoms with Gasteiger partial charge in [0.15, 0.2) is 5.76 Å². The number of furan rings is 1. The van der Waals surface area contributed by atoms with Gasteiger partial charge in [0.25, 0.3) is 5.91 Å². The zero-order valence-corrected chi connectivity index (χ0v) is 12.0. The predicted octanol–water partition coefficient (Wildman–Crippen LogP) is 4.51. The first-order valence-corrected chi connectivity index (χ1v) is 6.62. The zero-order chi connectivity index (χ0) is 13.1. The molecule has 1 heterocycles. The smallest absolute Gasteiger partial charge is 0.291 e. The third-order valence-corrected chi connectivity index (χ3v) is 3.64. The van der Waals surface area contributed by atoms with E-state index in [2.05, 4.69) is 21.2 Å². The number of rotatable bonds is 3. The molecule has 18 heavy (non-hydrogen) atoms. The van der Waals surface area contributed by atoms with Crippen molar-refractivity contribution in [3.63, 3.8) is 0 Å². The third kappa shape index (κ3) is 2.94. The van der Waals surface area contributed by atoms with Crippen molar-refractivity contribution >= 4 is 39.1 Å². The van der Waals surface area contributed by atoms with E-state index >= 15 is 0 Å². The zero-order valence-electron chi connectivity index (χ0n) is 9.67. The summed E-state index contributed by atoms with van der Waals surface area (Å²) < 4.78 is 6.15. The summed E-state index contributed by atoms with van der Waals surface area (Å²) in [6.07, 6.45) is 0.761. The second kappa shape index (κ2) is 5.59. The van der Waals surface area contributed by atoms with E-state index in [-0.39, 0.29) is 5.91 Å². The quantitative estimate of drug-likeness (QED) is 0.900. The van der Waals surface area contributed by atoms with Gasteiger partial charge in [-0.3, -0.25) is 4.79 Å². The van der Waals surface area contributed by atoms with Crippen LogP contribution in [0, 0.1) is 0 Å². The number of anilines is 1. The van der Waals surface area contributed by atoms with Crippen molar-refractivity contribution in [3.8, 4) is 0 Å². The summed E-state index contributed by atoms with van der Waals surface area (Å²) in [6, 6.07) is 8.67. The number of aryl methyl sites for hydroxylation is 1. The van der Waals surface area contributed by atoms with Crippen LogP contribution >= 0.6 is 27.5 Å². The molecule has 0 unspecified atom stereocenters. The average Bonchev–Trinajstić information content (AvgIpc) is 2.82. The molecule has 3 nitrogen and oxygen atoms in total. The maximum Gasteiger partial charge on any atom is 0.291 e. The number of nitrogens with one attached hydrogen (secondary N) is 1. The average molecular weight is 329 g/mol. The first-order valence-electron chi connectivity index (χ1n) is 5.45. The molecule has 0 aliphatic heterocycles. The van der Waals surface area contributed by atoms with Gasteiger partial charge in [0.2, 0.25) is 0 Å². The van der Waals surface area contributed by atoms with E-state index in [1.807, 2.05) is 6.92 Å². The second-order valence-electron chi connectivity index (χ2n) is 3.70. The van der Waals surface area contributed by atoms with Crippen LogP contribution in [-0.2, 0) is 6.42 Å². The molecule has 0 saturated carbocycles. The molecule has 1 amide bonds. The minimum absolute atomic E-state index is 0.284. The van der Waals surface area contributed by atoms with Crippen LogP contribution in [0.1, 0.15) is 23.2 Å². The van der Waals surface area contributed by atoms with Gasteiger partial charge in [0, 0.05) is 16.6 Å². The Kier molecular flexibility index (Phi) is 4.09. The Labute approximate surface area is 118 Å². The number of benzene rings is 1. The van der Waals surface area contributed by atoms with Crippen LogP contribution in [0.4, 0.5) is 5.69 Å². The Morgan fingerprint density at radius 3 is 2.78 bits per heavy atom. The molecule has 94 valence electrons. The van der Waals surface area contributed by atoms with Gasteiger partial charge in [-0.1, -0.05) is 18.5 Å². The van der Waals surface area contributed by atoms with Gasteiger partial charge in [0.05, 0.1) is 5.02 Å². The molecule has 1 N–H and O–H groups in total. The highest BCUT2D eigenvalue weighted by Gasteiger charge is 2.11. The topological polar surface area (TPSA) is 42.2 Å². The van der Waals surface area contributed by atoms with Gasteiger partial charge in [-0.2, -0.15) is 0 Å². The van der Waals surface area contributed by atoms with Gasteiger partial charge in [0.1, 0.15) is 5.76 Å². The maximum atomic E-state index is 11.9. The molecule has 2 rings (SSSR count). The lowest BCUT2D eigenvalue weighted by Crippen LogP contribution is -2.10. The first kappa shape index (κ1) is 13.2. The van der Waals surface area contributed by atoms with E-state index in [1.54, 1.807) is 30.3 Å². The number of hydrogen-bond acceptors (Lipinski definition) is 2. The summed E-state index contributed by atoms with van der Waals surface area (Å²) in [6.45, 7) is 1.97. The fourth-order valence-electron chi connectivity index (χ4n) is 1.46. The van der Waals surface area contributed by atoms with Crippen LogP contribution in [-0.4, -0.2) is 5.91 Å². The fourth-order valence-corrected chi connectivity index (χ4v) is 1.88. The molecule has 0 aliphatic carbocycles. The molecular formula is C13H11BrClNO2. The molecule has 2 aromatic rings. The van der Waals surface area contributed by atoms with Crippen molar-refractivity contribution in [2.45, 2.75) is 13.3 Å². The maximum absolute atomic E-state index is 11.9. The van der Waals surface area contributed by atoms with E-state index < -0.39 is 0 Å². The van der Waals surface area contributed by atoms with Crippen molar-refractivity contribution < 1.29 is 9.21 Å². The van der Waals surface area contributed by atoms with Gasteiger partial charge in [-0.25, -0.2) is 0 Å². The molecule has 0 atom stereocenters. The monoisotopic (exact) mass is 327 g/mol. The Bertz CT molecular complexity index is 580. The summed E-state index contributed by atoms with van der Waals surface area (Å²) >= 11 is 9.24. The molecule has 1 aromatic heterocycles. The summed E-state index contributed by atoms with van der Waals surface area (Å²) in [5.41, 5.74) is 0.627. The van der Waals surface area contributed by atoms with Crippen molar-refractivity contribution in [1.29, 1.82) is 0 Å². The van der Waals surface area contributed by atoms with Crippen molar-refractivity contribution in [3.05, 3.63) is 51.3 Å². The molecule has 0 aliphatic rings. The van der Waals surface area contributed by atoms with Crippen LogP contribution < -0.4 is 5.32 Å². The van der Waals surface area contributed by atoms with E-state index in [1.165, 1.54) is 0 Å². The molecule has 0 radical (unpaired) electrons. The standard InChI is InChI=1S/C13H11BrClNO2/c1-2-9-4-6-12(18-9)13(17)16-8-3-5-10(14)11(15)7-8/h3-7H,2H2,1H3,(H,16,17). The highest BCUT2D eigenvalue weighted by molar-refractivity contribution is 9.10. The lowest BCUT2D eigenvalue weighted by Gasteiger charge is -2.04. The highest BCUT2D eigenvalue weighted by atomic mass is 79.9. The normalized spacial score (nSPS) is 10.4. The Morgan fingerprint density at radius 1 is 1.39 bits per heavy atom. The summed E-state index contributed by atoms with van der Waals surface area (Å²) in [7, 11) is 0. The number of carbonyl (C=O) groups excluding carboxylic acids is 1. The largest absolute Gasteiger partial charge is 0.456 e. The van der Waals surface area contributed by atoms with Crippen LogP contribution in [0.25, 0.3) is 0 Å². The summed E-state index contributed by atoms with van der Waals surface area (Å²) in [5.74, 6) is 0.799. The molecule has 0 saturated heterocycles. The first-order chi connectivity index (χ1) is 8.60. The molecule has 1 aromatic carbocycles. The Balaban J connectivity index is 2.13. The van der Waals surface area contributed by atoms with Crippen molar-refractivity contribution in [1.82, 2.24) is 0 Å². The summed E-state index contributed by atoms with van der Waals surface area (Å²) in [5, 5.41) is 3.27. The third-order valence-electron chi connectivity index (χ3n) is 2.41. The van der Waals surface area contributed by atoms with Crippen LogP contribution in [0.15, 0.2) is 39.2 Å². The number of carbonyl (C=O) groups is 1. The van der Waals surface area contributed by atoms with Gasteiger partial charge < -0.3 is 9.73 Å². The van der Waals surface area contributed by atoms with Crippen molar-refractivity contribution in [2.75, 3.05) is 5.32 Å². The SMILES string of the molecule is CCc1ccc(C(=O)Nc2ccc(Br)c(Cl)c2)o1. The van der Waals surface area contributed by atoms with Crippen molar-refractivity contribution in [2.24, 2.45) is 0 Å². The minimum atomic E-state index is -0.284. The van der Waals surface area contributed by atoms with Gasteiger partial charge >= 0.3 is 0 Å². The highest BCUT2D eigenvalue weighted by Crippen LogP contribution is 2.25. The second-order valence-corrected chi connectivity index (χ2v) is 4.96. The lowest BCUT2D eigenvalue weighted by molar-refractivity contribution is 0.0995. The van der Waals surface area contributed by atoms with E-state index in [4.69, 9.17) is 16.0 Å². The van der Waals surface area contributed by atoms with E-state index in [9.17, 15) is 4.79 Å². The fraction of sp³-hybridized carbons (Fsp3) is 0.154. The molecular weight excluding hydrogens is 318 g/mol. The molecule has 0 fully saturated rings. The molecule has 0 bridgehead atoms. The molecule has 5 heteroatoms. The number of amides is 1. The molecule has 0 spiro atoms. The van der Waals surface area contributed by atoms with Crippen LogP contribution in [0.3, 0.4) is 0 Å². The van der Waals surface area contributed by atoms with Gasteiger partial charge in [-0.15, -0.1) is 0 Å².